The molecule has 0 radical (unpaired) electrons. The Kier molecular flexibility index (Phi) is 5.97. The van der Waals surface area contributed by atoms with Crippen molar-refractivity contribution in [1.29, 1.82) is 0 Å². The summed E-state index contributed by atoms with van der Waals surface area (Å²) in [5.74, 6) is -2.71. The number of methoxy groups -OCH3 is 2. The van der Waals surface area contributed by atoms with Gasteiger partial charge in [-0.2, -0.15) is 0 Å². The Hall–Kier alpha value is -2.62. The van der Waals surface area contributed by atoms with Crippen molar-refractivity contribution in [3.8, 4) is 0 Å². The smallest absolute Gasteiger partial charge is 0.355 e. The SMILES string of the molecule is COC(=O)C1=C(C(=O)OC)N(c2ccc(I)cc2C(=O)O)C=CC=C1. The van der Waals surface area contributed by atoms with Crippen LogP contribution in [0.2, 0.25) is 0 Å². The molecular formula is C17H14INO6. The summed E-state index contributed by atoms with van der Waals surface area (Å²) in [5, 5.41) is 9.50. The molecule has 1 aliphatic heterocycles. The lowest BCUT2D eigenvalue weighted by Crippen LogP contribution is -2.28. The van der Waals surface area contributed by atoms with Crippen LogP contribution in [0.1, 0.15) is 10.4 Å². The van der Waals surface area contributed by atoms with Gasteiger partial charge in [0.1, 0.15) is 5.70 Å². The highest BCUT2D eigenvalue weighted by Crippen LogP contribution is 2.30. The molecule has 0 spiro atoms. The Morgan fingerprint density at radius 1 is 1.08 bits per heavy atom. The van der Waals surface area contributed by atoms with Gasteiger partial charge in [-0.25, -0.2) is 14.4 Å². The molecule has 2 rings (SSSR count). The van der Waals surface area contributed by atoms with Crippen molar-refractivity contribution in [3.63, 3.8) is 0 Å². The number of carboxylic acid groups (broad SMARTS) is 1. The predicted molar refractivity (Wildman–Crippen MR) is 97.9 cm³/mol. The molecule has 7 nitrogen and oxygen atoms in total. The van der Waals surface area contributed by atoms with E-state index in [1.807, 2.05) is 22.6 Å². The van der Waals surface area contributed by atoms with Crippen molar-refractivity contribution < 1.29 is 29.0 Å². The first kappa shape index (κ1) is 18.7. The van der Waals surface area contributed by atoms with E-state index in [1.165, 1.54) is 37.5 Å². The number of carbonyl (C=O) groups is 3. The third-order valence-corrected chi connectivity index (χ3v) is 4.01. The van der Waals surface area contributed by atoms with Gasteiger partial charge in [-0.05, 0) is 52.9 Å². The van der Waals surface area contributed by atoms with Crippen molar-refractivity contribution in [2.24, 2.45) is 0 Å². The number of allylic oxidation sites excluding steroid dienone is 2. The molecule has 1 aromatic rings. The topological polar surface area (TPSA) is 93.1 Å². The summed E-state index contributed by atoms with van der Waals surface area (Å²) in [4.78, 5) is 37.4. The first-order valence-corrected chi connectivity index (χ1v) is 8.06. The fourth-order valence-corrected chi connectivity index (χ4v) is 2.73. The lowest BCUT2D eigenvalue weighted by Gasteiger charge is -2.24. The molecule has 0 saturated heterocycles. The van der Waals surface area contributed by atoms with Crippen LogP contribution in [0.25, 0.3) is 0 Å². The Morgan fingerprint density at radius 2 is 1.76 bits per heavy atom. The van der Waals surface area contributed by atoms with E-state index in [9.17, 15) is 19.5 Å². The van der Waals surface area contributed by atoms with Crippen LogP contribution >= 0.6 is 22.6 Å². The monoisotopic (exact) mass is 455 g/mol. The Morgan fingerprint density at radius 3 is 2.36 bits per heavy atom. The molecule has 0 amide bonds. The van der Waals surface area contributed by atoms with Gasteiger partial charge < -0.3 is 19.5 Å². The summed E-state index contributed by atoms with van der Waals surface area (Å²) >= 11 is 1.99. The summed E-state index contributed by atoms with van der Waals surface area (Å²) in [5.41, 5.74) is 0.0102. The largest absolute Gasteiger partial charge is 0.478 e. The van der Waals surface area contributed by atoms with Crippen molar-refractivity contribution in [3.05, 3.63) is 63.0 Å². The molecule has 0 atom stereocenters. The molecule has 1 N–H and O–H groups in total. The Labute approximate surface area is 157 Å². The highest BCUT2D eigenvalue weighted by Gasteiger charge is 2.29. The highest BCUT2D eigenvalue weighted by molar-refractivity contribution is 14.1. The van der Waals surface area contributed by atoms with E-state index in [1.54, 1.807) is 24.3 Å². The minimum absolute atomic E-state index is 0.0240. The van der Waals surface area contributed by atoms with Crippen LogP contribution in [0.3, 0.4) is 0 Å². The molecule has 1 aromatic carbocycles. The van der Waals surface area contributed by atoms with Crippen LogP contribution in [0.15, 0.2) is 53.9 Å². The van der Waals surface area contributed by atoms with Crippen LogP contribution in [0, 0.1) is 3.57 Å². The zero-order chi connectivity index (χ0) is 18.6. The van der Waals surface area contributed by atoms with Gasteiger partial charge in [-0.3, -0.25) is 0 Å². The highest BCUT2D eigenvalue weighted by atomic mass is 127. The Balaban J connectivity index is 2.76. The fraction of sp³-hybridized carbons (Fsp3) is 0.118. The number of rotatable bonds is 4. The van der Waals surface area contributed by atoms with E-state index in [4.69, 9.17) is 9.47 Å². The van der Waals surface area contributed by atoms with Gasteiger partial charge in [0.05, 0.1) is 31.0 Å². The maximum Gasteiger partial charge on any atom is 0.355 e. The lowest BCUT2D eigenvalue weighted by atomic mass is 10.1. The number of ether oxygens (including phenoxy) is 2. The van der Waals surface area contributed by atoms with E-state index in [0.29, 0.717) is 3.57 Å². The van der Waals surface area contributed by atoms with Crippen molar-refractivity contribution in [2.75, 3.05) is 19.1 Å². The van der Waals surface area contributed by atoms with Crippen LogP contribution in [-0.4, -0.2) is 37.2 Å². The van der Waals surface area contributed by atoms with Crippen molar-refractivity contribution >= 4 is 46.2 Å². The molecule has 0 aliphatic carbocycles. The van der Waals surface area contributed by atoms with Crippen LogP contribution in [-0.2, 0) is 19.1 Å². The molecule has 0 bridgehead atoms. The van der Waals surface area contributed by atoms with Crippen molar-refractivity contribution in [2.45, 2.75) is 0 Å². The molecule has 0 unspecified atom stereocenters. The maximum atomic E-state index is 12.3. The van der Waals surface area contributed by atoms with Crippen LogP contribution in [0.4, 0.5) is 5.69 Å². The molecule has 1 aliphatic rings. The van der Waals surface area contributed by atoms with E-state index in [-0.39, 0.29) is 22.5 Å². The second kappa shape index (κ2) is 7.97. The number of carboxylic acids is 1. The number of anilines is 1. The normalized spacial score (nSPS) is 13.5. The van der Waals surface area contributed by atoms with E-state index < -0.39 is 17.9 Å². The van der Waals surface area contributed by atoms with Gasteiger partial charge in [-0.1, -0.05) is 6.08 Å². The van der Waals surface area contributed by atoms with E-state index >= 15 is 0 Å². The number of esters is 2. The zero-order valence-corrected chi connectivity index (χ0v) is 15.5. The average Bonchev–Trinajstić information content (AvgIpc) is 2.83. The maximum absolute atomic E-state index is 12.3. The number of hydrogen-bond donors (Lipinski definition) is 1. The minimum Gasteiger partial charge on any atom is -0.478 e. The fourth-order valence-electron chi connectivity index (χ4n) is 2.24. The molecule has 0 fully saturated rings. The quantitative estimate of drug-likeness (QED) is 0.551. The number of carbonyl (C=O) groups excluding carboxylic acids is 2. The average molecular weight is 455 g/mol. The molecule has 25 heavy (non-hydrogen) atoms. The van der Waals surface area contributed by atoms with Crippen LogP contribution < -0.4 is 4.90 Å². The number of halogens is 1. The summed E-state index contributed by atoms with van der Waals surface area (Å²) in [6.07, 6.45) is 6.00. The zero-order valence-electron chi connectivity index (χ0n) is 13.4. The predicted octanol–water partition coefficient (Wildman–Crippen LogP) is 2.48. The second-order valence-corrected chi connectivity index (χ2v) is 6.03. The number of hydrogen-bond acceptors (Lipinski definition) is 6. The molecule has 0 saturated carbocycles. The second-order valence-electron chi connectivity index (χ2n) is 4.78. The van der Waals surface area contributed by atoms with Gasteiger partial charge >= 0.3 is 17.9 Å². The molecular weight excluding hydrogens is 441 g/mol. The lowest BCUT2D eigenvalue weighted by molar-refractivity contribution is -0.139. The first-order chi connectivity index (χ1) is 11.9. The van der Waals surface area contributed by atoms with Crippen LogP contribution in [0.5, 0.6) is 0 Å². The van der Waals surface area contributed by atoms with Gasteiger partial charge in [-0.15, -0.1) is 0 Å². The van der Waals surface area contributed by atoms with Gasteiger partial charge in [0, 0.05) is 9.77 Å². The standard InChI is InChI=1S/C17H14INO6/c1-24-16(22)11-5-3-4-8-19(14(11)17(23)25-2)13-7-6-10(18)9-12(13)15(20)21/h3-9H,1-2H3,(H,20,21). The summed E-state index contributed by atoms with van der Waals surface area (Å²) in [6, 6.07) is 4.72. The third kappa shape index (κ3) is 3.90. The third-order valence-electron chi connectivity index (χ3n) is 3.34. The summed E-state index contributed by atoms with van der Waals surface area (Å²) in [7, 11) is 2.36. The van der Waals surface area contributed by atoms with Gasteiger partial charge in [0.15, 0.2) is 0 Å². The molecule has 0 aromatic heterocycles. The molecule has 8 heteroatoms. The number of benzene rings is 1. The van der Waals surface area contributed by atoms with E-state index in [0.717, 1.165) is 0 Å². The van der Waals surface area contributed by atoms with Gasteiger partial charge in [0.2, 0.25) is 0 Å². The first-order valence-electron chi connectivity index (χ1n) is 6.98. The number of nitrogens with zero attached hydrogens (tertiary/aromatic N) is 1. The summed E-state index contributed by atoms with van der Waals surface area (Å²) < 4.78 is 10.2. The molecule has 130 valence electrons. The van der Waals surface area contributed by atoms with Gasteiger partial charge in [0.25, 0.3) is 0 Å². The van der Waals surface area contributed by atoms with Crippen molar-refractivity contribution in [1.82, 2.24) is 0 Å². The molecule has 1 heterocycles. The summed E-state index contributed by atoms with van der Waals surface area (Å²) in [6.45, 7) is 0. The minimum atomic E-state index is -1.16. The number of aromatic carboxylic acids is 1. The van der Waals surface area contributed by atoms with E-state index in [2.05, 4.69) is 0 Å². The Bertz CT molecular complexity index is 824.